The molecule has 0 spiro atoms. The average molecular weight is 216 g/mol. The first-order valence-electron chi connectivity index (χ1n) is 4.48. The lowest BCUT2D eigenvalue weighted by Gasteiger charge is -2.06. The van der Waals surface area contributed by atoms with Crippen molar-refractivity contribution in [3.05, 3.63) is 28.5 Å². The summed E-state index contributed by atoms with van der Waals surface area (Å²) in [7, 11) is 0. The molecule has 3 heteroatoms. The maximum Gasteiger partial charge on any atom is 0.0730 e. The minimum absolute atomic E-state index is 0.0591. The van der Waals surface area contributed by atoms with Crippen molar-refractivity contribution < 1.29 is 0 Å². The highest BCUT2D eigenvalue weighted by atomic mass is 35.5. The molecule has 1 aliphatic rings. The summed E-state index contributed by atoms with van der Waals surface area (Å²) >= 11 is 11.9. The van der Waals surface area contributed by atoms with Crippen molar-refractivity contribution in [1.82, 2.24) is 4.98 Å². The zero-order chi connectivity index (χ0) is 9.42. The lowest BCUT2D eigenvalue weighted by molar-refractivity contribution is 0.928. The van der Waals surface area contributed by atoms with Crippen LogP contribution in [0.3, 0.4) is 0 Å². The van der Waals surface area contributed by atoms with Gasteiger partial charge in [0.2, 0.25) is 0 Å². The summed E-state index contributed by atoms with van der Waals surface area (Å²) in [6.07, 6.45) is 2.48. The van der Waals surface area contributed by atoms with E-state index in [0.29, 0.717) is 5.92 Å². The van der Waals surface area contributed by atoms with E-state index < -0.39 is 0 Å². The third-order valence-corrected chi connectivity index (χ3v) is 2.67. The Labute approximate surface area is 88.1 Å². The molecule has 1 heterocycles. The van der Waals surface area contributed by atoms with Crippen LogP contribution in [0, 0.1) is 0 Å². The van der Waals surface area contributed by atoms with Crippen LogP contribution in [0.15, 0.2) is 12.1 Å². The van der Waals surface area contributed by atoms with Crippen LogP contribution in [0.25, 0.3) is 0 Å². The topological polar surface area (TPSA) is 12.9 Å². The number of halogens is 2. The second kappa shape index (κ2) is 3.47. The fourth-order valence-corrected chi connectivity index (χ4v) is 1.67. The van der Waals surface area contributed by atoms with Crippen LogP contribution >= 0.6 is 23.2 Å². The minimum atomic E-state index is -0.0591. The Hall–Kier alpha value is -0.270. The summed E-state index contributed by atoms with van der Waals surface area (Å²) in [5.74, 6) is 0.632. The predicted molar refractivity (Wildman–Crippen MR) is 55.5 cm³/mol. The van der Waals surface area contributed by atoms with Crippen molar-refractivity contribution in [2.75, 3.05) is 0 Å². The number of aromatic nitrogens is 1. The largest absolute Gasteiger partial charge is 0.256 e. The van der Waals surface area contributed by atoms with E-state index in [1.165, 1.54) is 12.8 Å². The molecule has 70 valence electrons. The normalized spacial score (nSPS) is 18.7. The molecule has 1 atom stereocenters. The van der Waals surface area contributed by atoms with Gasteiger partial charge in [-0.2, -0.15) is 0 Å². The molecule has 2 rings (SSSR count). The van der Waals surface area contributed by atoms with E-state index in [4.69, 9.17) is 23.2 Å². The Morgan fingerprint density at radius 2 is 2.15 bits per heavy atom. The Kier molecular flexibility index (Phi) is 2.48. The Balaban J connectivity index is 2.36. The quantitative estimate of drug-likeness (QED) is 0.683. The Bertz CT molecular complexity index is 298. The lowest BCUT2D eigenvalue weighted by Crippen LogP contribution is -1.94. The highest BCUT2D eigenvalue weighted by molar-refractivity contribution is 6.30. The Morgan fingerprint density at radius 3 is 2.69 bits per heavy atom. The summed E-state index contributed by atoms with van der Waals surface area (Å²) in [6, 6.07) is 3.78. The zero-order valence-corrected chi connectivity index (χ0v) is 8.94. The predicted octanol–water partition coefficient (Wildman–Crippen LogP) is 3.91. The first kappa shape index (κ1) is 9.29. The van der Waals surface area contributed by atoms with Crippen LogP contribution in [0.2, 0.25) is 5.02 Å². The maximum atomic E-state index is 5.97. The number of hydrogen-bond donors (Lipinski definition) is 0. The number of pyridine rings is 1. The van der Waals surface area contributed by atoms with E-state index in [0.717, 1.165) is 16.4 Å². The molecule has 0 N–H and O–H groups in total. The minimum Gasteiger partial charge on any atom is -0.256 e. The monoisotopic (exact) mass is 215 g/mol. The van der Waals surface area contributed by atoms with Crippen molar-refractivity contribution in [3.63, 3.8) is 0 Å². The van der Waals surface area contributed by atoms with Gasteiger partial charge in [-0.05, 0) is 31.9 Å². The maximum absolute atomic E-state index is 5.97. The van der Waals surface area contributed by atoms with Gasteiger partial charge in [0.1, 0.15) is 0 Å². The molecule has 0 aliphatic heterocycles. The third kappa shape index (κ3) is 2.15. The molecular formula is C10H11Cl2N. The van der Waals surface area contributed by atoms with E-state index in [2.05, 4.69) is 4.98 Å². The lowest BCUT2D eigenvalue weighted by atomic mass is 10.2. The molecular weight excluding hydrogens is 205 g/mol. The van der Waals surface area contributed by atoms with Crippen molar-refractivity contribution >= 4 is 23.2 Å². The fraction of sp³-hybridized carbons (Fsp3) is 0.500. The number of nitrogens with zero attached hydrogens (tertiary/aromatic N) is 1. The van der Waals surface area contributed by atoms with Crippen molar-refractivity contribution in [3.8, 4) is 0 Å². The molecule has 1 nitrogen and oxygen atoms in total. The first-order valence-corrected chi connectivity index (χ1v) is 5.29. The molecule has 0 radical (unpaired) electrons. The molecule has 0 aromatic carbocycles. The molecule has 0 saturated heterocycles. The van der Waals surface area contributed by atoms with Crippen molar-refractivity contribution in [1.29, 1.82) is 0 Å². The van der Waals surface area contributed by atoms with Crippen LogP contribution in [-0.2, 0) is 0 Å². The number of hydrogen-bond acceptors (Lipinski definition) is 1. The van der Waals surface area contributed by atoms with E-state index in [1.54, 1.807) is 0 Å². The molecule has 13 heavy (non-hydrogen) atoms. The summed E-state index contributed by atoms with van der Waals surface area (Å²) < 4.78 is 0. The van der Waals surface area contributed by atoms with E-state index in [9.17, 15) is 0 Å². The zero-order valence-electron chi connectivity index (χ0n) is 7.43. The van der Waals surface area contributed by atoms with E-state index in [-0.39, 0.29) is 5.38 Å². The van der Waals surface area contributed by atoms with Crippen LogP contribution in [0.5, 0.6) is 0 Å². The summed E-state index contributed by atoms with van der Waals surface area (Å²) in [4.78, 5) is 4.48. The van der Waals surface area contributed by atoms with Crippen molar-refractivity contribution in [2.24, 2.45) is 0 Å². The molecule has 1 aromatic rings. The summed E-state index contributed by atoms with van der Waals surface area (Å²) in [5, 5.41) is 0.690. The van der Waals surface area contributed by atoms with Crippen molar-refractivity contribution in [2.45, 2.75) is 31.1 Å². The third-order valence-electron chi connectivity index (χ3n) is 2.23. The second-order valence-corrected chi connectivity index (χ2v) is 4.62. The van der Waals surface area contributed by atoms with E-state index >= 15 is 0 Å². The van der Waals surface area contributed by atoms with Gasteiger partial charge in [0.25, 0.3) is 0 Å². The van der Waals surface area contributed by atoms with Gasteiger partial charge in [-0.25, -0.2) is 0 Å². The van der Waals surface area contributed by atoms with Gasteiger partial charge in [0, 0.05) is 16.6 Å². The molecule has 1 aromatic heterocycles. The van der Waals surface area contributed by atoms with Gasteiger partial charge in [-0.3, -0.25) is 4.98 Å². The molecule has 1 aliphatic carbocycles. The highest BCUT2D eigenvalue weighted by Gasteiger charge is 2.25. The fourth-order valence-electron chi connectivity index (χ4n) is 1.33. The number of rotatable bonds is 2. The van der Waals surface area contributed by atoms with Crippen LogP contribution in [-0.4, -0.2) is 4.98 Å². The van der Waals surface area contributed by atoms with Crippen LogP contribution in [0.4, 0.5) is 0 Å². The second-order valence-electron chi connectivity index (χ2n) is 3.53. The molecule has 1 unspecified atom stereocenters. The summed E-state index contributed by atoms with van der Waals surface area (Å²) in [5.41, 5.74) is 1.99. The molecule has 1 fully saturated rings. The standard InChI is InChI=1S/C10H11Cl2N/c1-6(11)9-4-8(12)5-10(13-9)7-2-3-7/h4-7H,2-3H2,1H3. The Morgan fingerprint density at radius 1 is 1.46 bits per heavy atom. The first-order chi connectivity index (χ1) is 6.16. The van der Waals surface area contributed by atoms with Gasteiger partial charge < -0.3 is 0 Å². The average Bonchev–Trinajstić information content (AvgIpc) is 2.85. The van der Waals surface area contributed by atoms with Gasteiger partial charge >= 0.3 is 0 Å². The molecule has 0 amide bonds. The van der Waals surface area contributed by atoms with Crippen LogP contribution < -0.4 is 0 Å². The van der Waals surface area contributed by atoms with Gasteiger partial charge in [0.15, 0.2) is 0 Å². The summed E-state index contributed by atoms with van der Waals surface area (Å²) in [6.45, 7) is 1.91. The van der Waals surface area contributed by atoms with Crippen LogP contribution in [0.1, 0.15) is 42.4 Å². The molecule has 0 bridgehead atoms. The number of alkyl halides is 1. The van der Waals surface area contributed by atoms with Gasteiger partial charge in [-0.15, -0.1) is 11.6 Å². The molecule has 1 saturated carbocycles. The van der Waals surface area contributed by atoms with Gasteiger partial charge in [0.05, 0.1) is 11.1 Å². The SMILES string of the molecule is CC(Cl)c1cc(Cl)cc(C2CC2)n1. The smallest absolute Gasteiger partial charge is 0.0730 e. The highest BCUT2D eigenvalue weighted by Crippen LogP contribution is 2.40. The van der Waals surface area contributed by atoms with Gasteiger partial charge in [-0.1, -0.05) is 11.6 Å². The van der Waals surface area contributed by atoms with E-state index in [1.807, 2.05) is 19.1 Å².